The van der Waals surface area contributed by atoms with E-state index in [0.717, 1.165) is 0 Å². The van der Waals surface area contributed by atoms with E-state index >= 15 is 0 Å². The highest BCUT2D eigenvalue weighted by Crippen LogP contribution is 2.24. The van der Waals surface area contributed by atoms with Gasteiger partial charge in [0.05, 0.1) is 11.3 Å². The van der Waals surface area contributed by atoms with Gasteiger partial charge >= 0.3 is 0 Å². The highest BCUT2D eigenvalue weighted by Gasteiger charge is 2.05. The van der Waals surface area contributed by atoms with E-state index in [9.17, 15) is 4.39 Å². The summed E-state index contributed by atoms with van der Waals surface area (Å²) >= 11 is 3.20. The first kappa shape index (κ1) is 9.01. The van der Waals surface area contributed by atoms with Crippen molar-refractivity contribution >= 4 is 21.6 Å². The van der Waals surface area contributed by atoms with Crippen molar-refractivity contribution in [3.8, 4) is 6.07 Å². The average Bonchev–Trinajstić information content (AvgIpc) is 2.08. The summed E-state index contributed by atoms with van der Waals surface area (Å²) in [5.41, 5.74) is 0.673. The summed E-state index contributed by atoms with van der Waals surface area (Å²) in [6.45, 7) is 0. The van der Waals surface area contributed by atoms with Gasteiger partial charge < -0.3 is 5.32 Å². The van der Waals surface area contributed by atoms with Gasteiger partial charge in [0, 0.05) is 11.5 Å². The SMILES string of the molecule is CNc1cc(F)c(C#N)cc1Br. The van der Waals surface area contributed by atoms with E-state index < -0.39 is 5.82 Å². The van der Waals surface area contributed by atoms with Gasteiger partial charge in [0.2, 0.25) is 0 Å². The van der Waals surface area contributed by atoms with Gasteiger partial charge in [-0.05, 0) is 28.1 Å². The van der Waals surface area contributed by atoms with Gasteiger partial charge in [-0.25, -0.2) is 4.39 Å². The number of nitrogens with zero attached hydrogens (tertiary/aromatic N) is 1. The molecule has 2 nitrogen and oxygen atoms in total. The molecular weight excluding hydrogens is 223 g/mol. The molecule has 1 N–H and O–H groups in total. The highest BCUT2D eigenvalue weighted by molar-refractivity contribution is 9.10. The Bertz CT molecular complexity index is 343. The molecule has 0 saturated carbocycles. The number of hydrogen-bond acceptors (Lipinski definition) is 2. The second kappa shape index (κ2) is 3.55. The quantitative estimate of drug-likeness (QED) is 0.802. The van der Waals surface area contributed by atoms with Gasteiger partial charge in [0.15, 0.2) is 0 Å². The Balaban J connectivity index is 3.28. The molecule has 0 spiro atoms. The number of benzene rings is 1. The van der Waals surface area contributed by atoms with E-state index in [1.807, 2.05) is 0 Å². The molecule has 0 aliphatic rings. The summed E-state index contributed by atoms with van der Waals surface area (Å²) in [5, 5.41) is 11.3. The van der Waals surface area contributed by atoms with Crippen molar-refractivity contribution < 1.29 is 4.39 Å². The third kappa shape index (κ3) is 1.56. The largest absolute Gasteiger partial charge is 0.387 e. The van der Waals surface area contributed by atoms with Crippen molar-refractivity contribution in [2.75, 3.05) is 12.4 Å². The standard InChI is InChI=1S/C8H6BrFN2/c1-12-8-3-7(10)5(4-11)2-6(8)9/h2-3,12H,1H3. The van der Waals surface area contributed by atoms with Crippen LogP contribution in [0.15, 0.2) is 16.6 Å². The molecule has 62 valence electrons. The number of nitriles is 1. The molecule has 12 heavy (non-hydrogen) atoms. The zero-order chi connectivity index (χ0) is 9.14. The number of anilines is 1. The van der Waals surface area contributed by atoms with Crippen LogP contribution in [0.1, 0.15) is 5.56 Å². The molecule has 1 aromatic rings. The van der Waals surface area contributed by atoms with Crippen LogP contribution in [0.2, 0.25) is 0 Å². The van der Waals surface area contributed by atoms with Crippen molar-refractivity contribution in [2.45, 2.75) is 0 Å². The maximum Gasteiger partial charge on any atom is 0.143 e. The lowest BCUT2D eigenvalue weighted by atomic mass is 10.2. The van der Waals surface area contributed by atoms with E-state index in [1.165, 1.54) is 12.1 Å². The van der Waals surface area contributed by atoms with Crippen molar-refractivity contribution in [3.05, 3.63) is 28.0 Å². The monoisotopic (exact) mass is 228 g/mol. The van der Waals surface area contributed by atoms with Crippen LogP contribution in [0.3, 0.4) is 0 Å². The zero-order valence-electron chi connectivity index (χ0n) is 6.36. The lowest BCUT2D eigenvalue weighted by molar-refractivity contribution is 0.624. The second-order valence-corrected chi connectivity index (χ2v) is 3.03. The predicted octanol–water partition coefficient (Wildman–Crippen LogP) is 2.50. The van der Waals surface area contributed by atoms with Crippen LogP contribution < -0.4 is 5.32 Å². The van der Waals surface area contributed by atoms with Crippen LogP contribution in [0, 0.1) is 17.1 Å². The third-order valence-corrected chi connectivity index (χ3v) is 2.10. The minimum absolute atomic E-state index is 0.0425. The van der Waals surface area contributed by atoms with Crippen molar-refractivity contribution in [1.29, 1.82) is 5.26 Å². The predicted molar refractivity (Wildman–Crippen MR) is 48.4 cm³/mol. The normalized spacial score (nSPS) is 9.17. The molecule has 0 unspecified atom stereocenters. The number of rotatable bonds is 1. The van der Waals surface area contributed by atoms with Crippen molar-refractivity contribution in [2.24, 2.45) is 0 Å². The van der Waals surface area contributed by atoms with Crippen LogP contribution in [-0.2, 0) is 0 Å². The van der Waals surface area contributed by atoms with Crippen LogP contribution >= 0.6 is 15.9 Å². The Hall–Kier alpha value is -1.08. The minimum Gasteiger partial charge on any atom is -0.387 e. The summed E-state index contributed by atoms with van der Waals surface area (Å²) < 4.78 is 13.6. The van der Waals surface area contributed by atoms with Gasteiger partial charge in [0.1, 0.15) is 11.9 Å². The van der Waals surface area contributed by atoms with Crippen LogP contribution in [0.4, 0.5) is 10.1 Å². The van der Waals surface area contributed by atoms with Crippen molar-refractivity contribution in [1.82, 2.24) is 0 Å². The molecule has 0 fully saturated rings. The Kier molecular flexibility index (Phi) is 2.66. The Labute approximate surface area is 78.1 Å². The summed E-state index contributed by atoms with van der Waals surface area (Å²) in [7, 11) is 1.69. The third-order valence-electron chi connectivity index (χ3n) is 1.45. The van der Waals surface area contributed by atoms with Crippen LogP contribution in [0.25, 0.3) is 0 Å². The highest BCUT2D eigenvalue weighted by atomic mass is 79.9. The number of hydrogen-bond donors (Lipinski definition) is 1. The molecule has 1 rings (SSSR count). The number of nitrogens with one attached hydrogen (secondary N) is 1. The Morgan fingerprint density at radius 3 is 2.75 bits per heavy atom. The lowest BCUT2D eigenvalue weighted by Crippen LogP contribution is -1.92. The maximum atomic E-state index is 12.9. The van der Waals surface area contributed by atoms with Crippen molar-refractivity contribution in [3.63, 3.8) is 0 Å². The fraction of sp³-hybridized carbons (Fsp3) is 0.125. The molecule has 0 atom stereocenters. The molecule has 0 saturated heterocycles. The first-order valence-electron chi connectivity index (χ1n) is 3.26. The van der Waals surface area contributed by atoms with Gasteiger partial charge in [0.25, 0.3) is 0 Å². The zero-order valence-corrected chi connectivity index (χ0v) is 7.94. The maximum absolute atomic E-state index is 12.9. The summed E-state index contributed by atoms with van der Waals surface area (Å²) in [5.74, 6) is -0.509. The van der Waals surface area contributed by atoms with E-state index in [-0.39, 0.29) is 5.56 Å². The Morgan fingerprint density at radius 2 is 2.25 bits per heavy atom. The molecule has 0 amide bonds. The first-order chi connectivity index (χ1) is 5.69. The Morgan fingerprint density at radius 1 is 1.58 bits per heavy atom. The van der Waals surface area contributed by atoms with Crippen LogP contribution in [0.5, 0.6) is 0 Å². The molecule has 0 aliphatic carbocycles. The lowest BCUT2D eigenvalue weighted by Gasteiger charge is -2.03. The molecule has 0 aliphatic heterocycles. The number of halogens is 2. The molecular formula is C8H6BrFN2. The molecule has 0 radical (unpaired) electrons. The van der Waals surface area contributed by atoms with Gasteiger partial charge in [-0.3, -0.25) is 0 Å². The summed E-state index contributed by atoms with van der Waals surface area (Å²) in [6.07, 6.45) is 0. The molecule has 0 bridgehead atoms. The smallest absolute Gasteiger partial charge is 0.143 e. The molecule has 1 aromatic carbocycles. The molecule has 0 aromatic heterocycles. The fourth-order valence-electron chi connectivity index (χ4n) is 0.824. The molecule has 4 heteroatoms. The fourth-order valence-corrected chi connectivity index (χ4v) is 1.37. The second-order valence-electron chi connectivity index (χ2n) is 2.17. The van der Waals surface area contributed by atoms with E-state index in [1.54, 1.807) is 13.1 Å². The van der Waals surface area contributed by atoms with Gasteiger partial charge in [-0.1, -0.05) is 0 Å². The van der Waals surface area contributed by atoms with Gasteiger partial charge in [-0.2, -0.15) is 5.26 Å². The molecule has 0 heterocycles. The van der Waals surface area contributed by atoms with E-state index in [4.69, 9.17) is 5.26 Å². The topological polar surface area (TPSA) is 35.8 Å². The summed E-state index contributed by atoms with van der Waals surface area (Å²) in [6, 6.07) is 4.48. The van der Waals surface area contributed by atoms with E-state index in [2.05, 4.69) is 21.2 Å². The minimum atomic E-state index is -0.509. The average molecular weight is 229 g/mol. The van der Waals surface area contributed by atoms with Crippen LogP contribution in [-0.4, -0.2) is 7.05 Å². The summed E-state index contributed by atoms with van der Waals surface area (Å²) in [4.78, 5) is 0. The first-order valence-corrected chi connectivity index (χ1v) is 4.05. The van der Waals surface area contributed by atoms with E-state index in [0.29, 0.717) is 10.2 Å². The van der Waals surface area contributed by atoms with Gasteiger partial charge in [-0.15, -0.1) is 0 Å².